The topological polar surface area (TPSA) is 32.3 Å². The lowest BCUT2D eigenvalue weighted by molar-refractivity contribution is 0.0921. The van der Waals surface area contributed by atoms with Crippen molar-refractivity contribution >= 4 is 5.91 Å². The molecule has 0 heterocycles. The number of amides is 1. The van der Waals surface area contributed by atoms with E-state index in [1.807, 2.05) is 30.3 Å². The molecule has 0 spiro atoms. The normalized spacial score (nSPS) is 22.3. The molecule has 1 aromatic carbocycles. The van der Waals surface area contributed by atoms with Gasteiger partial charge in [-0.25, -0.2) is 0 Å². The summed E-state index contributed by atoms with van der Waals surface area (Å²) in [5.41, 5.74) is 0.695. The predicted octanol–water partition coefficient (Wildman–Crippen LogP) is 3.01. The number of hydrogen-bond acceptors (Lipinski definition) is 2. The van der Waals surface area contributed by atoms with Gasteiger partial charge in [-0.1, -0.05) is 42.5 Å². The minimum absolute atomic E-state index is 0.00710. The van der Waals surface area contributed by atoms with Gasteiger partial charge in [0.05, 0.1) is 0 Å². The highest BCUT2D eigenvalue weighted by Crippen LogP contribution is 2.28. The van der Waals surface area contributed by atoms with Crippen LogP contribution in [0.2, 0.25) is 0 Å². The average Bonchev–Trinajstić information content (AvgIpc) is 2.48. The standard InChI is InChI=1S/C18H24N2O/c1-15(19-17(21)16-10-6-4-7-11-16)14-18(20(2)3)12-8-5-9-13-18/h4-12,15H,13-14H2,1-3H3,(H,19,21). The third kappa shape index (κ3) is 3.82. The maximum Gasteiger partial charge on any atom is 0.251 e. The van der Waals surface area contributed by atoms with Gasteiger partial charge in [0.15, 0.2) is 0 Å². The van der Waals surface area contributed by atoms with Crippen molar-refractivity contribution in [3.8, 4) is 0 Å². The van der Waals surface area contributed by atoms with Gasteiger partial charge < -0.3 is 5.32 Å². The molecule has 112 valence electrons. The highest BCUT2D eigenvalue weighted by Gasteiger charge is 2.31. The SMILES string of the molecule is CC(CC1(N(C)C)C=CC=CC1)NC(=O)c1ccccc1. The van der Waals surface area contributed by atoms with Crippen LogP contribution in [0.15, 0.2) is 54.6 Å². The zero-order valence-corrected chi connectivity index (χ0v) is 13.0. The van der Waals surface area contributed by atoms with Crippen LogP contribution in [0.5, 0.6) is 0 Å². The van der Waals surface area contributed by atoms with Gasteiger partial charge in [0.1, 0.15) is 0 Å². The Hall–Kier alpha value is -1.87. The Morgan fingerprint density at radius 2 is 2.00 bits per heavy atom. The molecule has 1 aliphatic rings. The number of nitrogens with zero attached hydrogens (tertiary/aromatic N) is 1. The number of nitrogens with one attached hydrogen (secondary N) is 1. The van der Waals surface area contributed by atoms with Crippen molar-refractivity contribution in [3.05, 3.63) is 60.2 Å². The highest BCUT2D eigenvalue weighted by atomic mass is 16.1. The third-order valence-corrected chi connectivity index (χ3v) is 4.09. The van der Waals surface area contributed by atoms with Gasteiger partial charge in [-0.15, -0.1) is 0 Å². The van der Waals surface area contributed by atoms with Crippen molar-refractivity contribution in [2.45, 2.75) is 31.3 Å². The zero-order chi connectivity index (χ0) is 15.3. The van der Waals surface area contributed by atoms with Gasteiger partial charge in [0, 0.05) is 17.1 Å². The summed E-state index contributed by atoms with van der Waals surface area (Å²) in [6.45, 7) is 2.07. The van der Waals surface area contributed by atoms with Gasteiger partial charge in [-0.2, -0.15) is 0 Å². The largest absolute Gasteiger partial charge is 0.350 e. The van der Waals surface area contributed by atoms with Crippen molar-refractivity contribution in [1.82, 2.24) is 10.2 Å². The van der Waals surface area contributed by atoms with E-state index in [1.165, 1.54) is 0 Å². The van der Waals surface area contributed by atoms with E-state index in [1.54, 1.807) is 0 Å². The van der Waals surface area contributed by atoms with E-state index in [0.29, 0.717) is 5.56 Å². The lowest BCUT2D eigenvalue weighted by atomic mass is 9.84. The van der Waals surface area contributed by atoms with Crippen LogP contribution in [0.25, 0.3) is 0 Å². The lowest BCUT2D eigenvalue weighted by Gasteiger charge is -2.40. The number of allylic oxidation sites excluding steroid dienone is 2. The molecule has 0 aromatic heterocycles. The molecule has 3 nitrogen and oxygen atoms in total. The molecule has 0 aliphatic heterocycles. The fraction of sp³-hybridized carbons (Fsp3) is 0.389. The first-order valence-electron chi connectivity index (χ1n) is 7.41. The Kier molecular flexibility index (Phi) is 4.97. The van der Waals surface area contributed by atoms with E-state index in [-0.39, 0.29) is 17.5 Å². The second-order valence-electron chi connectivity index (χ2n) is 5.93. The van der Waals surface area contributed by atoms with Crippen LogP contribution in [0.1, 0.15) is 30.1 Å². The van der Waals surface area contributed by atoms with E-state index in [4.69, 9.17) is 0 Å². The number of carbonyl (C=O) groups is 1. The zero-order valence-electron chi connectivity index (χ0n) is 13.0. The lowest BCUT2D eigenvalue weighted by Crippen LogP contribution is -2.48. The van der Waals surface area contributed by atoms with Crippen LogP contribution in [-0.2, 0) is 0 Å². The Balaban J connectivity index is 2.00. The maximum atomic E-state index is 12.2. The number of rotatable bonds is 5. The molecule has 0 radical (unpaired) electrons. The van der Waals surface area contributed by atoms with Crippen molar-refractivity contribution in [3.63, 3.8) is 0 Å². The molecule has 0 fully saturated rings. The van der Waals surface area contributed by atoms with E-state index in [2.05, 4.69) is 55.5 Å². The van der Waals surface area contributed by atoms with Crippen LogP contribution >= 0.6 is 0 Å². The molecule has 2 atom stereocenters. The number of hydrogen-bond donors (Lipinski definition) is 1. The molecule has 21 heavy (non-hydrogen) atoms. The minimum atomic E-state index is -0.0157. The number of benzene rings is 1. The molecule has 1 aromatic rings. The van der Waals surface area contributed by atoms with Crippen molar-refractivity contribution in [2.24, 2.45) is 0 Å². The molecule has 1 N–H and O–H groups in total. The molecule has 1 aliphatic carbocycles. The summed E-state index contributed by atoms with van der Waals surface area (Å²) in [4.78, 5) is 14.4. The predicted molar refractivity (Wildman–Crippen MR) is 87.3 cm³/mol. The Morgan fingerprint density at radius 3 is 2.57 bits per heavy atom. The Labute approximate surface area is 127 Å². The fourth-order valence-corrected chi connectivity index (χ4v) is 2.80. The molecular weight excluding hydrogens is 260 g/mol. The molecule has 3 heteroatoms. The second-order valence-corrected chi connectivity index (χ2v) is 5.93. The smallest absolute Gasteiger partial charge is 0.251 e. The number of carbonyl (C=O) groups excluding carboxylic acids is 1. The maximum absolute atomic E-state index is 12.2. The summed E-state index contributed by atoms with van der Waals surface area (Å²) in [6, 6.07) is 9.47. The quantitative estimate of drug-likeness (QED) is 0.901. The Bertz CT molecular complexity index is 533. The van der Waals surface area contributed by atoms with Crippen molar-refractivity contribution < 1.29 is 4.79 Å². The third-order valence-electron chi connectivity index (χ3n) is 4.09. The fourth-order valence-electron chi connectivity index (χ4n) is 2.80. The molecule has 2 rings (SSSR count). The van der Waals surface area contributed by atoms with Crippen LogP contribution < -0.4 is 5.32 Å². The van der Waals surface area contributed by atoms with E-state index >= 15 is 0 Å². The van der Waals surface area contributed by atoms with Crippen LogP contribution in [0.4, 0.5) is 0 Å². The molecule has 2 unspecified atom stereocenters. The van der Waals surface area contributed by atoms with Gasteiger partial charge in [-0.05, 0) is 46.0 Å². The van der Waals surface area contributed by atoms with Gasteiger partial charge in [-0.3, -0.25) is 9.69 Å². The molecule has 0 saturated carbocycles. The first-order chi connectivity index (χ1) is 10.0. The minimum Gasteiger partial charge on any atom is -0.350 e. The number of likely N-dealkylation sites (N-methyl/N-ethyl adjacent to an activating group) is 1. The van der Waals surface area contributed by atoms with Gasteiger partial charge in [0.2, 0.25) is 0 Å². The summed E-state index contributed by atoms with van der Waals surface area (Å²) in [5.74, 6) is -0.00710. The van der Waals surface area contributed by atoms with Crippen LogP contribution in [0, 0.1) is 0 Å². The van der Waals surface area contributed by atoms with Gasteiger partial charge in [0.25, 0.3) is 5.91 Å². The van der Waals surface area contributed by atoms with Gasteiger partial charge >= 0.3 is 0 Å². The Morgan fingerprint density at radius 1 is 1.29 bits per heavy atom. The van der Waals surface area contributed by atoms with Crippen molar-refractivity contribution in [2.75, 3.05) is 14.1 Å². The molecular formula is C18H24N2O. The molecule has 0 bridgehead atoms. The molecule has 0 saturated heterocycles. The van der Waals surface area contributed by atoms with E-state index in [9.17, 15) is 4.79 Å². The average molecular weight is 284 g/mol. The summed E-state index contributed by atoms with van der Waals surface area (Å²) in [6.07, 6.45) is 10.5. The van der Waals surface area contributed by atoms with E-state index < -0.39 is 0 Å². The molecule has 1 amide bonds. The van der Waals surface area contributed by atoms with Crippen molar-refractivity contribution in [1.29, 1.82) is 0 Å². The highest BCUT2D eigenvalue weighted by molar-refractivity contribution is 5.94. The first-order valence-corrected chi connectivity index (χ1v) is 7.41. The first kappa shape index (κ1) is 15.5. The van der Waals surface area contributed by atoms with Crippen LogP contribution in [-0.4, -0.2) is 36.5 Å². The monoisotopic (exact) mass is 284 g/mol. The van der Waals surface area contributed by atoms with E-state index in [0.717, 1.165) is 12.8 Å². The van der Waals surface area contributed by atoms with Crippen LogP contribution in [0.3, 0.4) is 0 Å². The second kappa shape index (κ2) is 6.72. The summed E-state index contributed by atoms with van der Waals surface area (Å²) in [7, 11) is 4.18. The summed E-state index contributed by atoms with van der Waals surface area (Å²) in [5, 5.41) is 3.10. The summed E-state index contributed by atoms with van der Waals surface area (Å²) < 4.78 is 0. The summed E-state index contributed by atoms with van der Waals surface area (Å²) >= 11 is 0.